The van der Waals surface area contributed by atoms with Crippen molar-refractivity contribution in [2.24, 2.45) is 0 Å². The topological polar surface area (TPSA) is 35.2 Å². The molecule has 0 spiro atoms. The van der Waals surface area contributed by atoms with Gasteiger partial charge in [0.15, 0.2) is 5.75 Å². The van der Waals surface area contributed by atoms with E-state index in [1.165, 1.54) is 6.07 Å². The third-order valence-electron chi connectivity index (χ3n) is 2.40. The molecule has 2 rings (SSSR count). The van der Waals surface area contributed by atoms with E-state index in [-0.39, 0.29) is 11.6 Å². The van der Waals surface area contributed by atoms with Crippen molar-refractivity contribution in [1.82, 2.24) is 0 Å². The highest BCUT2D eigenvalue weighted by molar-refractivity contribution is 6.32. The molecule has 0 fully saturated rings. The zero-order valence-electron chi connectivity index (χ0n) is 9.29. The first-order chi connectivity index (χ1) is 8.59. The minimum atomic E-state index is -0.482. The number of nitrogens with two attached hydrogens (primary N) is 1. The van der Waals surface area contributed by atoms with Gasteiger partial charge in [0.05, 0.1) is 15.7 Å². The van der Waals surface area contributed by atoms with E-state index in [0.29, 0.717) is 22.0 Å². The number of para-hydroxylation sites is 1. The van der Waals surface area contributed by atoms with Gasteiger partial charge in [-0.25, -0.2) is 4.39 Å². The van der Waals surface area contributed by atoms with Crippen LogP contribution in [0.2, 0.25) is 10.0 Å². The van der Waals surface area contributed by atoms with Crippen LogP contribution in [0.25, 0.3) is 0 Å². The Bertz CT molecular complexity index is 555. The van der Waals surface area contributed by atoms with Crippen LogP contribution in [0.15, 0.2) is 36.4 Å². The van der Waals surface area contributed by atoms with E-state index in [2.05, 4.69) is 0 Å². The number of nitrogen functional groups attached to an aromatic ring is 1. The minimum Gasteiger partial charge on any atom is -0.485 e. The smallest absolute Gasteiger partial charge is 0.161 e. The quantitative estimate of drug-likeness (QED) is 0.854. The fraction of sp³-hybridized carbons (Fsp3) is 0.0769. The van der Waals surface area contributed by atoms with Gasteiger partial charge in [0, 0.05) is 5.56 Å². The van der Waals surface area contributed by atoms with Gasteiger partial charge >= 0.3 is 0 Å². The van der Waals surface area contributed by atoms with Crippen molar-refractivity contribution >= 4 is 28.9 Å². The van der Waals surface area contributed by atoms with Crippen LogP contribution in [-0.4, -0.2) is 0 Å². The summed E-state index contributed by atoms with van der Waals surface area (Å²) in [5.41, 5.74) is 6.70. The molecular formula is C13H10Cl2FNO. The molecule has 0 heterocycles. The normalized spacial score (nSPS) is 10.4. The molecular weight excluding hydrogens is 276 g/mol. The number of hydrogen-bond donors (Lipinski definition) is 1. The second kappa shape index (κ2) is 5.46. The van der Waals surface area contributed by atoms with E-state index in [9.17, 15) is 4.39 Å². The average Bonchev–Trinajstić information content (AvgIpc) is 2.33. The van der Waals surface area contributed by atoms with Gasteiger partial charge in [-0.2, -0.15) is 0 Å². The Morgan fingerprint density at radius 1 is 1.11 bits per heavy atom. The molecule has 0 bridgehead atoms. The molecule has 0 atom stereocenters. The molecule has 94 valence electrons. The Morgan fingerprint density at radius 2 is 1.83 bits per heavy atom. The SMILES string of the molecule is Nc1cccc(Cl)c1OCc1cccc(F)c1Cl. The zero-order valence-corrected chi connectivity index (χ0v) is 10.8. The van der Waals surface area contributed by atoms with E-state index in [1.807, 2.05) is 0 Å². The Hall–Kier alpha value is -1.45. The molecule has 2 N–H and O–H groups in total. The number of hydrogen-bond acceptors (Lipinski definition) is 2. The van der Waals surface area contributed by atoms with Gasteiger partial charge in [0.1, 0.15) is 12.4 Å². The lowest BCUT2D eigenvalue weighted by Crippen LogP contribution is -2.00. The predicted octanol–water partition coefficient (Wildman–Crippen LogP) is 4.29. The van der Waals surface area contributed by atoms with Crippen molar-refractivity contribution in [3.05, 3.63) is 57.8 Å². The summed E-state index contributed by atoms with van der Waals surface area (Å²) in [5.74, 6) is -0.107. The van der Waals surface area contributed by atoms with Crippen LogP contribution in [0.1, 0.15) is 5.56 Å². The van der Waals surface area contributed by atoms with Gasteiger partial charge in [-0.1, -0.05) is 41.4 Å². The Balaban J connectivity index is 2.19. The first-order valence-corrected chi connectivity index (χ1v) is 5.95. The van der Waals surface area contributed by atoms with Crippen molar-refractivity contribution in [1.29, 1.82) is 0 Å². The molecule has 0 unspecified atom stereocenters. The maximum atomic E-state index is 13.2. The molecule has 0 radical (unpaired) electrons. The highest BCUT2D eigenvalue weighted by atomic mass is 35.5. The number of halogens is 3. The summed E-state index contributed by atoms with van der Waals surface area (Å²) >= 11 is 11.8. The van der Waals surface area contributed by atoms with Crippen molar-refractivity contribution in [3.63, 3.8) is 0 Å². The number of benzene rings is 2. The van der Waals surface area contributed by atoms with Crippen LogP contribution in [0.5, 0.6) is 5.75 Å². The highest BCUT2D eigenvalue weighted by Gasteiger charge is 2.09. The van der Waals surface area contributed by atoms with Crippen molar-refractivity contribution in [2.75, 3.05) is 5.73 Å². The van der Waals surface area contributed by atoms with Crippen LogP contribution in [0.4, 0.5) is 10.1 Å². The fourth-order valence-corrected chi connectivity index (χ4v) is 1.90. The van der Waals surface area contributed by atoms with Crippen LogP contribution < -0.4 is 10.5 Å². The molecule has 2 nitrogen and oxygen atoms in total. The lowest BCUT2D eigenvalue weighted by atomic mass is 10.2. The van der Waals surface area contributed by atoms with Crippen LogP contribution in [0.3, 0.4) is 0 Å². The molecule has 0 aliphatic heterocycles. The van der Waals surface area contributed by atoms with E-state index < -0.39 is 5.82 Å². The molecule has 0 aliphatic carbocycles. The first-order valence-electron chi connectivity index (χ1n) is 5.19. The molecule has 0 saturated carbocycles. The predicted molar refractivity (Wildman–Crippen MR) is 71.6 cm³/mol. The Morgan fingerprint density at radius 3 is 2.56 bits per heavy atom. The summed E-state index contributed by atoms with van der Waals surface area (Å²) in [4.78, 5) is 0. The Labute approximate surface area is 114 Å². The van der Waals surface area contributed by atoms with E-state index in [1.54, 1.807) is 30.3 Å². The fourth-order valence-electron chi connectivity index (χ4n) is 1.49. The summed E-state index contributed by atoms with van der Waals surface area (Å²) < 4.78 is 18.7. The van der Waals surface area contributed by atoms with Crippen molar-refractivity contribution < 1.29 is 9.13 Å². The lowest BCUT2D eigenvalue weighted by molar-refractivity contribution is 0.307. The molecule has 0 saturated heterocycles. The third kappa shape index (κ3) is 2.68. The second-order valence-electron chi connectivity index (χ2n) is 3.66. The van der Waals surface area contributed by atoms with E-state index >= 15 is 0 Å². The van der Waals surface area contributed by atoms with Gasteiger partial charge in [0.25, 0.3) is 0 Å². The number of anilines is 1. The molecule has 0 aliphatic rings. The average molecular weight is 286 g/mol. The number of rotatable bonds is 3. The molecule has 2 aromatic carbocycles. The summed E-state index contributed by atoms with van der Waals surface area (Å²) in [5, 5.41) is 0.450. The monoisotopic (exact) mass is 285 g/mol. The minimum absolute atomic E-state index is 0.0446. The molecule has 0 aromatic heterocycles. The van der Waals surface area contributed by atoms with E-state index in [4.69, 9.17) is 33.7 Å². The summed E-state index contributed by atoms with van der Waals surface area (Å²) in [7, 11) is 0. The summed E-state index contributed by atoms with van der Waals surface area (Å²) in [6.07, 6.45) is 0. The standard InChI is InChI=1S/C13H10Cl2FNO/c14-9-4-2-6-11(17)13(9)18-7-8-3-1-5-10(16)12(8)15/h1-6H,7,17H2. The van der Waals surface area contributed by atoms with E-state index in [0.717, 1.165) is 0 Å². The summed E-state index contributed by atoms with van der Waals surface area (Å²) in [6.45, 7) is 0.102. The summed E-state index contributed by atoms with van der Waals surface area (Å²) in [6, 6.07) is 9.60. The second-order valence-corrected chi connectivity index (χ2v) is 4.44. The van der Waals surface area contributed by atoms with Gasteiger partial charge in [-0.05, 0) is 18.2 Å². The van der Waals surface area contributed by atoms with Crippen molar-refractivity contribution in [3.8, 4) is 5.75 Å². The van der Waals surface area contributed by atoms with Crippen LogP contribution >= 0.6 is 23.2 Å². The van der Waals surface area contributed by atoms with Gasteiger partial charge in [0.2, 0.25) is 0 Å². The highest BCUT2D eigenvalue weighted by Crippen LogP contribution is 2.32. The third-order valence-corrected chi connectivity index (χ3v) is 3.12. The molecule has 18 heavy (non-hydrogen) atoms. The zero-order chi connectivity index (χ0) is 13.1. The largest absolute Gasteiger partial charge is 0.485 e. The first kappa shape index (κ1) is 13.0. The van der Waals surface area contributed by atoms with Crippen LogP contribution in [-0.2, 0) is 6.61 Å². The number of ether oxygens (including phenoxy) is 1. The lowest BCUT2D eigenvalue weighted by Gasteiger charge is -2.11. The Kier molecular flexibility index (Phi) is 3.94. The van der Waals surface area contributed by atoms with Crippen LogP contribution in [0, 0.1) is 5.82 Å². The van der Waals surface area contributed by atoms with Crippen molar-refractivity contribution in [2.45, 2.75) is 6.61 Å². The molecule has 5 heteroatoms. The van der Waals surface area contributed by atoms with Gasteiger partial charge in [-0.15, -0.1) is 0 Å². The van der Waals surface area contributed by atoms with Gasteiger partial charge in [-0.3, -0.25) is 0 Å². The maximum absolute atomic E-state index is 13.2. The molecule has 2 aromatic rings. The maximum Gasteiger partial charge on any atom is 0.161 e. The molecule has 0 amide bonds. The van der Waals surface area contributed by atoms with Gasteiger partial charge < -0.3 is 10.5 Å².